The lowest BCUT2D eigenvalue weighted by molar-refractivity contribution is 0.102. The monoisotopic (exact) mass is 247 g/mol. The first-order valence-corrected chi connectivity index (χ1v) is 5.56. The van der Waals surface area contributed by atoms with Gasteiger partial charge in [0, 0.05) is 12.7 Å². The summed E-state index contributed by atoms with van der Waals surface area (Å²) in [6, 6.07) is 7.33. The van der Waals surface area contributed by atoms with Crippen LogP contribution in [0.1, 0.15) is 21.6 Å². The Bertz CT molecular complexity index is 604. The molecular weight excluding hydrogens is 233 g/mol. The average molecular weight is 247 g/mol. The highest BCUT2D eigenvalue weighted by Gasteiger charge is 2.20. The van der Waals surface area contributed by atoms with Gasteiger partial charge in [-0.05, 0) is 31.5 Å². The number of hydrogen-bond acceptors (Lipinski definition) is 2. The summed E-state index contributed by atoms with van der Waals surface area (Å²) >= 11 is 0. The zero-order valence-electron chi connectivity index (χ0n) is 10.5. The smallest absolute Gasteiger partial charge is 0.262 e. The van der Waals surface area contributed by atoms with Gasteiger partial charge in [-0.25, -0.2) is 4.68 Å². The quantitative estimate of drug-likeness (QED) is 0.886. The molecule has 0 aliphatic heterocycles. The van der Waals surface area contributed by atoms with Gasteiger partial charge in [0.15, 0.2) is 0 Å². The molecule has 2 aromatic rings. The second-order valence-electron chi connectivity index (χ2n) is 4.20. The Kier molecular flexibility index (Phi) is 3.14. The van der Waals surface area contributed by atoms with Gasteiger partial charge in [0.1, 0.15) is 5.56 Å². The van der Waals surface area contributed by atoms with Crippen molar-refractivity contribution < 1.29 is 9.18 Å². The van der Waals surface area contributed by atoms with E-state index >= 15 is 0 Å². The van der Waals surface area contributed by atoms with E-state index in [1.54, 1.807) is 13.0 Å². The zero-order valence-corrected chi connectivity index (χ0v) is 10.5. The Morgan fingerprint density at radius 3 is 2.67 bits per heavy atom. The summed E-state index contributed by atoms with van der Waals surface area (Å²) in [7, 11) is 1.46. The number of carbonyl (C=O) groups excluding carboxylic acids is 1. The summed E-state index contributed by atoms with van der Waals surface area (Å²) in [6.45, 7) is 3.53. The van der Waals surface area contributed by atoms with Crippen molar-refractivity contribution in [2.24, 2.45) is 7.05 Å². The minimum absolute atomic E-state index is 0.0148. The summed E-state index contributed by atoms with van der Waals surface area (Å²) < 4.78 is 14.8. The average Bonchev–Trinajstić information content (AvgIpc) is 2.53. The van der Waals surface area contributed by atoms with Gasteiger partial charge in [-0.1, -0.05) is 12.1 Å². The Hall–Kier alpha value is -2.17. The molecule has 5 heteroatoms. The number of aryl methyl sites for hydroxylation is 3. The Morgan fingerprint density at radius 2 is 2.11 bits per heavy atom. The van der Waals surface area contributed by atoms with Crippen molar-refractivity contribution in [1.82, 2.24) is 9.78 Å². The van der Waals surface area contributed by atoms with Crippen LogP contribution in [0.5, 0.6) is 0 Å². The highest BCUT2D eigenvalue weighted by atomic mass is 19.1. The molecule has 0 aliphatic carbocycles. The number of anilines is 1. The van der Waals surface area contributed by atoms with Gasteiger partial charge in [0.2, 0.25) is 5.95 Å². The zero-order chi connectivity index (χ0) is 13.3. The van der Waals surface area contributed by atoms with Gasteiger partial charge in [-0.15, -0.1) is 0 Å². The summed E-state index contributed by atoms with van der Waals surface area (Å²) in [5.74, 6) is -1.11. The van der Waals surface area contributed by atoms with Crippen molar-refractivity contribution in [3.63, 3.8) is 0 Å². The Morgan fingerprint density at radius 1 is 1.39 bits per heavy atom. The molecular formula is C13H14FN3O. The maximum Gasteiger partial charge on any atom is 0.262 e. The minimum atomic E-state index is -0.627. The maximum absolute atomic E-state index is 13.7. The standard InChI is InChI=1S/C13H14FN3O/c1-8-5-4-6-10(7-8)15-13(18)11-9(2)16-17(3)12(11)14/h4-7H,1-3H3,(H,15,18). The summed E-state index contributed by atoms with van der Waals surface area (Å²) in [5.41, 5.74) is 2.03. The van der Waals surface area contributed by atoms with Crippen molar-refractivity contribution in [2.75, 3.05) is 5.32 Å². The van der Waals surface area contributed by atoms with Crippen LogP contribution in [0.25, 0.3) is 0 Å². The molecule has 0 bridgehead atoms. The minimum Gasteiger partial charge on any atom is -0.322 e. The SMILES string of the molecule is Cc1cccc(NC(=O)c2c(C)nn(C)c2F)c1. The van der Waals surface area contributed by atoms with Crippen molar-refractivity contribution in [3.8, 4) is 0 Å². The molecule has 0 aliphatic rings. The highest BCUT2D eigenvalue weighted by molar-refractivity contribution is 6.05. The topological polar surface area (TPSA) is 46.9 Å². The number of aromatic nitrogens is 2. The Balaban J connectivity index is 2.27. The van der Waals surface area contributed by atoms with Crippen LogP contribution in [0.4, 0.5) is 10.1 Å². The van der Waals surface area contributed by atoms with Crippen LogP contribution in [0, 0.1) is 19.8 Å². The van der Waals surface area contributed by atoms with Crippen LogP contribution in [0.3, 0.4) is 0 Å². The molecule has 1 N–H and O–H groups in total. The maximum atomic E-state index is 13.7. The van der Waals surface area contributed by atoms with E-state index in [0.29, 0.717) is 11.4 Å². The van der Waals surface area contributed by atoms with E-state index in [1.165, 1.54) is 7.05 Å². The molecule has 2 rings (SSSR count). The fraction of sp³-hybridized carbons (Fsp3) is 0.231. The predicted molar refractivity (Wildman–Crippen MR) is 67.0 cm³/mol. The molecule has 0 saturated carbocycles. The second-order valence-corrected chi connectivity index (χ2v) is 4.20. The van der Waals surface area contributed by atoms with Crippen LogP contribution >= 0.6 is 0 Å². The largest absolute Gasteiger partial charge is 0.322 e. The van der Waals surface area contributed by atoms with Gasteiger partial charge >= 0.3 is 0 Å². The molecule has 18 heavy (non-hydrogen) atoms. The second kappa shape index (κ2) is 4.60. The molecule has 0 radical (unpaired) electrons. The normalized spacial score (nSPS) is 10.4. The Labute approximate surface area is 104 Å². The third kappa shape index (κ3) is 2.25. The van der Waals surface area contributed by atoms with E-state index < -0.39 is 11.9 Å². The molecule has 0 saturated heterocycles. The van der Waals surface area contributed by atoms with Gasteiger partial charge in [0.05, 0.1) is 5.69 Å². The van der Waals surface area contributed by atoms with Crippen molar-refractivity contribution in [2.45, 2.75) is 13.8 Å². The number of halogens is 1. The van der Waals surface area contributed by atoms with Crippen LogP contribution in [-0.4, -0.2) is 15.7 Å². The van der Waals surface area contributed by atoms with Crippen LogP contribution in [-0.2, 0) is 7.05 Å². The summed E-state index contributed by atoms with van der Waals surface area (Å²) in [4.78, 5) is 12.0. The first-order valence-electron chi connectivity index (χ1n) is 5.56. The molecule has 4 nitrogen and oxygen atoms in total. The number of amides is 1. The van der Waals surface area contributed by atoms with E-state index in [4.69, 9.17) is 0 Å². The van der Waals surface area contributed by atoms with Crippen molar-refractivity contribution in [3.05, 3.63) is 47.0 Å². The fourth-order valence-corrected chi connectivity index (χ4v) is 1.80. The van der Waals surface area contributed by atoms with Crippen molar-refractivity contribution >= 4 is 11.6 Å². The third-order valence-electron chi connectivity index (χ3n) is 2.66. The summed E-state index contributed by atoms with van der Waals surface area (Å²) in [6.07, 6.45) is 0. The molecule has 1 amide bonds. The molecule has 94 valence electrons. The van der Waals surface area contributed by atoms with Gasteiger partial charge < -0.3 is 5.32 Å². The van der Waals surface area contributed by atoms with E-state index in [-0.39, 0.29) is 5.56 Å². The third-order valence-corrected chi connectivity index (χ3v) is 2.66. The van der Waals surface area contributed by atoms with E-state index in [9.17, 15) is 9.18 Å². The van der Waals surface area contributed by atoms with Gasteiger partial charge in [-0.3, -0.25) is 4.79 Å². The summed E-state index contributed by atoms with van der Waals surface area (Å²) in [5, 5.41) is 6.53. The van der Waals surface area contributed by atoms with Crippen LogP contribution in [0.2, 0.25) is 0 Å². The molecule has 1 aromatic heterocycles. The number of benzene rings is 1. The molecule has 1 heterocycles. The predicted octanol–water partition coefficient (Wildman–Crippen LogP) is 2.43. The number of nitrogens with one attached hydrogen (secondary N) is 1. The van der Waals surface area contributed by atoms with Gasteiger partial charge in [0.25, 0.3) is 5.91 Å². The van der Waals surface area contributed by atoms with Crippen LogP contribution in [0.15, 0.2) is 24.3 Å². The molecule has 1 aromatic carbocycles. The van der Waals surface area contributed by atoms with E-state index in [1.807, 2.05) is 25.1 Å². The first kappa shape index (κ1) is 12.3. The fourth-order valence-electron chi connectivity index (χ4n) is 1.80. The van der Waals surface area contributed by atoms with Crippen LogP contribution < -0.4 is 5.32 Å². The van der Waals surface area contributed by atoms with Gasteiger partial charge in [-0.2, -0.15) is 9.49 Å². The number of carbonyl (C=O) groups is 1. The number of rotatable bonds is 2. The van der Waals surface area contributed by atoms with E-state index in [2.05, 4.69) is 10.4 Å². The number of nitrogens with zero attached hydrogens (tertiary/aromatic N) is 2. The van der Waals surface area contributed by atoms with Crippen molar-refractivity contribution in [1.29, 1.82) is 0 Å². The van der Waals surface area contributed by atoms with E-state index in [0.717, 1.165) is 10.2 Å². The molecule has 0 atom stereocenters. The number of hydrogen-bond donors (Lipinski definition) is 1. The lowest BCUT2D eigenvalue weighted by atomic mass is 10.2. The lowest BCUT2D eigenvalue weighted by Crippen LogP contribution is -2.14. The lowest BCUT2D eigenvalue weighted by Gasteiger charge is -2.05. The first-order chi connectivity index (χ1) is 8.49. The molecule has 0 unspecified atom stereocenters. The highest BCUT2D eigenvalue weighted by Crippen LogP contribution is 2.15. The molecule has 0 fully saturated rings. The molecule has 0 spiro atoms.